The van der Waals surface area contributed by atoms with Crippen LogP contribution in [0.5, 0.6) is 0 Å². The lowest BCUT2D eigenvalue weighted by atomic mass is 10.2. The first-order chi connectivity index (χ1) is 5.83. The Balaban J connectivity index is 2.19. The van der Waals surface area contributed by atoms with Crippen molar-refractivity contribution in [1.29, 1.82) is 0 Å². The van der Waals surface area contributed by atoms with Crippen LogP contribution in [0.4, 0.5) is 4.39 Å². The Morgan fingerprint density at radius 3 is 3.08 bits per heavy atom. The zero-order chi connectivity index (χ0) is 8.55. The van der Waals surface area contributed by atoms with Gasteiger partial charge in [0.15, 0.2) is 0 Å². The minimum atomic E-state index is -0.196. The van der Waals surface area contributed by atoms with E-state index in [0.29, 0.717) is 18.2 Å². The molecule has 2 rings (SSSR count). The summed E-state index contributed by atoms with van der Waals surface area (Å²) >= 11 is 0. The van der Waals surface area contributed by atoms with E-state index >= 15 is 0 Å². The fourth-order valence-corrected chi connectivity index (χ4v) is 1.51. The van der Waals surface area contributed by atoms with Crippen molar-refractivity contribution in [3.8, 4) is 0 Å². The van der Waals surface area contributed by atoms with Gasteiger partial charge >= 0.3 is 0 Å². The van der Waals surface area contributed by atoms with E-state index in [1.807, 2.05) is 0 Å². The van der Waals surface area contributed by atoms with Crippen molar-refractivity contribution in [3.05, 3.63) is 29.8 Å². The minimum Gasteiger partial charge on any atom is -0.330 e. The number of rotatable bonds is 2. The van der Waals surface area contributed by atoms with E-state index in [0.717, 1.165) is 6.42 Å². The summed E-state index contributed by atoms with van der Waals surface area (Å²) < 4.78 is 13.1. The first-order valence-electron chi connectivity index (χ1n) is 4.13. The maximum Gasteiger partial charge on any atom is 0.144 e. The van der Waals surface area contributed by atoms with E-state index in [9.17, 15) is 4.39 Å². The molecule has 0 saturated heterocycles. The summed E-state index contributed by atoms with van der Waals surface area (Å²) in [5, 5.41) is 0. The lowest BCUT2D eigenvalue weighted by molar-refractivity contribution is 0.594. The number of hydrogen-bond donors (Lipinski definition) is 1. The first-order valence-corrected chi connectivity index (χ1v) is 4.13. The van der Waals surface area contributed by atoms with Gasteiger partial charge in [-0.3, -0.25) is 4.98 Å². The summed E-state index contributed by atoms with van der Waals surface area (Å²) in [4.78, 5) is 4.01. The highest BCUT2D eigenvalue weighted by molar-refractivity contribution is 5.19. The van der Waals surface area contributed by atoms with Gasteiger partial charge < -0.3 is 5.73 Å². The van der Waals surface area contributed by atoms with Gasteiger partial charge in [-0.1, -0.05) is 0 Å². The molecule has 0 spiro atoms. The van der Waals surface area contributed by atoms with E-state index in [4.69, 9.17) is 5.73 Å². The Morgan fingerprint density at radius 2 is 2.50 bits per heavy atom. The predicted molar refractivity (Wildman–Crippen MR) is 44.1 cm³/mol. The van der Waals surface area contributed by atoms with Gasteiger partial charge in [0, 0.05) is 12.1 Å². The van der Waals surface area contributed by atoms with Crippen LogP contribution < -0.4 is 5.73 Å². The molecule has 3 heteroatoms. The summed E-state index contributed by atoms with van der Waals surface area (Å²) in [5.74, 6) is 0.532. The van der Waals surface area contributed by atoms with Crippen molar-refractivity contribution in [2.24, 2.45) is 11.7 Å². The summed E-state index contributed by atoms with van der Waals surface area (Å²) in [5.41, 5.74) is 6.05. The molecular formula is C9H11FN2. The SMILES string of the molecule is NC[C@@H]1C[C@H]1c1ncccc1F. The first kappa shape index (κ1) is 7.68. The molecule has 2 nitrogen and oxygen atoms in total. The van der Waals surface area contributed by atoms with Crippen LogP contribution in [0.3, 0.4) is 0 Å². The molecule has 1 aliphatic rings. The molecule has 0 bridgehead atoms. The third kappa shape index (κ3) is 1.20. The number of nitrogens with zero attached hydrogens (tertiary/aromatic N) is 1. The molecule has 1 fully saturated rings. The summed E-state index contributed by atoms with van der Waals surface area (Å²) in [6.07, 6.45) is 2.62. The second kappa shape index (κ2) is 2.83. The van der Waals surface area contributed by atoms with E-state index in [1.165, 1.54) is 6.07 Å². The molecule has 1 aliphatic carbocycles. The number of hydrogen-bond acceptors (Lipinski definition) is 2. The Kier molecular flexibility index (Phi) is 1.81. The van der Waals surface area contributed by atoms with Crippen LogP contribution in [0.15, 0.2) is 18.3 Å². The zero-order valence-corrected chi connectivity index (χ0v) is 6.70. The van der Waals surface area contributed by atoms with Gasteiger partial charge in [0.1, 0.15) is 5.82 Å². The molecule has 1 aromatic rings. The lowest BCUT2D eigenvalue weighted by Gasteiger charge is -1.98. The van der Waals surface area contributed by atoms with Gasteiger partial charge in [0.2, 0.25) is 0 Å². The topological polar surface area (TPSA) is 38.9 Å². The van der Waals surface area contributed by atoms with Gasteiger partial charge in [-0.2, -0.15) is 0 Å². The maximum atomic E-state index is 13.1. The van der Waals surface area contributed by atoms with E-state index in [2.05, 4.69) is 4.98 Å². The van der Waals surface area contributed by atoms with E-state index < -0.39 is 0 Å². The zero-order valence-electron chi connectivity index (χ0n) is 6.70. The monoisotopic (exact) mass is 166 g/mol. The quantitative estimate of drug-likeness (QED) is 0.718. The molecule has 0 unspecified atom stereocenters. The van der Waals surface area contributed by atoms with E-state index in [-0.39, 0.29) is 11.7 Å². The van der Waals surface area contributed by atoms with Crippen LogP contribution in [0, 0.1) is 11.7 Å². The average molecular weight is 166 g/mol. The Hall–Kier alpha value is -0.960. The molecule has 0 aliphatic heterocycles. The molecule has 1 saturated carbocycles. The van der Waals surface area contributed by atoms with Gasteiger partial charge in [0.25, 0.3) is 0 Å². The highest BCUT2D eigenvalue weighted by Crippen LogP contribution is 2.46. The highest BCUT2D eigenvalue weighted by atomic mass is 19.1. The standard InChI is InChI=1S/C9H11FN2/c10-8-2-1-3-12-9(8)7-4-6(7)5-11/h1-3,6-7H,4-5,11H2/t6-,7+/m0/s1. The van der Waals surface area contributed by atoms with Gasteiger partial charge in [-0.25, -0.2) is 4.39 Å². The van der Waals surface area contributed by atoms with Crippen LogP contribution >= 0.6 is 0 Å². The molecule has 1 aromatic heterocycles. The van der Waals surface area contributed by atoms with Crippen LogP contribution in [0.2, 0.25) is 0 Å². The van der Waals surface area contributed by atoms with Crippen LogP contribution in [-0.4, -0.2) is 11.5 Å². The highest BCUT2D eigenvalue weighted by Gasteiger charge is 2.39. The third-order valence-electron chi connectivity index (χ3n) is 2.36. The Bertz CT molecular complexity index is 288. The molecule has 0 amide bonds. The molecule has 12 heavy (non-hydrogen) atoms. The Morgan fingerprint density at radius 1 is 1.67 bits per heavy atom. The summed E-state index contributed by atoms with van der Waals surface area (Å²) in [7, 11) is 0. The molecular weight excluding hydrogens is 155 g/mol. The van der Waals surface area contributed by atoms with Gasteiger partial charge in [-0.15, -0.1) is 0 Å². The maximum absolute atomic E-state index is 13.1. The smallest absolute Gasteiger partial charge is 0.144 e. The van der Waals surface area contributed by atoms with Crippen LogP contribution in [0.25, 0.3) is 0 Å². The second-order valence-electron chi connectivity index (χ2n) is 3.21. The number of halogens is 1. The van der Waals surface area contributed by atoms with Gasteiger partial charge in [-0.05, 0) is 31.0 Å². The van der Waals surface area contributed by atoms with Crippen molar-refractivity contribution < 1.29 is 4.39 Å². The molecule has 2 N–H and O–H groups in total. The summed E-state index contributed by atoms with van der Waals surface area (Å²) in [6.45, 7) is 0.640. The van der Waals surface area contributed by atoms with Crippen LogP contribution in [0.1, 0.15) is 18.0 Å². The lowest BCUT2D eigenvalue weighted by Crippen LogP contribution is -2.03. The third-order valence-corrected chi connectivity index (χ3v) is 2.36. The minimum absolute atomic E-state index is 0.196. The van der Waals surface area contributed by atoms with Crippen molar-refractivity contribution in [3.63, 3.8) is 0 Å². The summed E-state index contributed by atoms with van der Waals surface area (Å²) in [6, 6.07) is 3.06. The largest absolute Gasteiger partial charge is 0.330 e. The van der Waals surface area contributed by atoms with Crippen molar-refractivity contribution in [2.75, 3.05) is 6.54 Å². The van der Waals surface area contributed by atoms with Gasteiger partial charge in [0.05, 0.1) is 5.69 Å². The normalized spacial score (nSPS) is 27.2. The second-order valence-corrected chi connectivity index (χ2v) is 3.21. The van der Waals surface area contributed by atoms with Crippen molar-refractivity contribution in [2.45, 2.75) is 12.3 Å². The average Bonchev–Trinajstić information content (AvgIpc) is 2.84. The molecule has 64 valence electrons. The molecule has 1 heterocycles. The fraction of sp³-hybridized carbons (Fsp3) is 0.444. The Labute approximate surface area is 70.6 Å². The van der Waals surface area contributed by atoms with Crippen LogP contribution in [-0.2, 0) is 0 Å². The van der Waals surface area contributed by atoms with E-state index in [1.54, 1.807) is 12.3 Å². The van der Waals surface area contributed by atoms with Crippen molar-refractivity contribution in [1.82, 2.24) is 4.98 Å². The number of aromatic nitrogens is 1. The molecule has 0 aromatic carbocycles. The van der Waals surface area contributed by atoms with Crippen molar-refractivity contribution >= 4 is 0 Å². The predicted octanol–water partition coefficient (Wildman–Crippen LogP) is 1.28. The molecule has 2 atom stereocenters. The number of pyridine rings is 1. The molecule has 0 radical (unpaired) electrons. The number of nitrogens with two attached hydrogens (primary N) is 1. The fourth-order valence-electron chi connectivity index (χ4n) is 1.51.